The SMILES string of the molecule is Cn1c(=O)c(C(=O)c2ccccc2)c2c3c(c(Nc4ccc(S(=O)(=O)O)cc4S(=O)(=O)O)ccc31)C(=O)c1ccccc1-2. The van der Waals surface area contributed by atoms with Gasteiger partial charge < -0.3 is 9.88 Å². The number of aromatic nitrogens is 1. The van der Waals surface area contributed by atoms with E-state index in [0.29, 0.717) is 17.1 Å². The molecule has 0 saturated heterocycles. The maximum absolute atomic E-state index is 14.0. The number of benzene rings is 4. The van der Waals surface area contributed by atoms with Crippen LogP contribution in [0.1, 0.15) is 31.8 Å². The number of anilines is 2. The third-order valence-electron chi connectivity index (χ3n) is 7.29. The van der Waals surface area contributed by atoms with Gasteiger partial charge >= 0.3 is 0 Å². The second-order valence-electron chi connectivity index (χ2n) is 9.80. The lowest BCUT2D eigenvalue weighted by Gasteiger charge is -2.26. The molecule has 0 spiro atoms. The zero-order valence-corrected chi connectivity index (χ0v) is 23.7. The molecule has 0 saturated carbocycles. The van der Waals surface area contributed by atoms with Crippen LogP contribution in [0.15, 0.2) is 99.5 Å². The molecule has 4 aromatic carbocycles. The highest BCUT2D eigenvalue weighted by Gasteiger charge is 2.34. The van der Waals surface area contributed by atoms with Crippen molar-refractivity contribution >= 4 is 54.1 Å². The summed E-state index contributed by atoms with van der Waals surface area (Å²) in [6.45, 7) is 0. The van der Waals surface area contributed by atoms with Crippen molar-refractivity contribution in [1.29, 1.82) is 0 Å². The van der Waals surface area contributed by atoms with E-state index in [2.05, 4.69) is 5.32 Å². The standard InChI is InChI=1S/C30H20N2O9S2/c1-32-22-14-13-21(31-20-12-11-17(42(36,37)38)15-23(20)43(39,40)41)25-26(22)24(18-9-5-6-10-19(18)29(25)34)27(30(32)35)28(33)16-7-3-2-4-8-16/h2-15,31H,1H3,(H,36,37,38)(H,39,40,41). The highest BCUT2D eigenvalue weighted by molar-refractivity contribution is 7.86. The van der Waals surface area contributed by atoms with Gasteiger partial charge in [-0.3, -0.25) is 23.5 Å². The molecular weight excluding hydrogens is 596 g/mol. The predicted octanol–water partition coefficient (Wildman–Crippen LogP) is 4.22. The molecule has 216 valence electrons. The van der Waals surface area contributed by atoms with Gasteiger partial charge in [-0.15, -0.1) is 0 Å². The predicted molar refractivity (Wildman–Crippen MR) is 157 cm³/mol. The van der Waals surface area contributed by atoms with Crippen molar-refractivity contribution in [2.45, 2.75) is 9.79 Å². The van der Waals surface area contributed by atoms with Crippen LogP contribution < -0.4 is 10.9 Å². The number of fused-ring (bicyclic) bond motifs is 2. The van der Waals surface area contributed by atoms with E-state index >= 15 is 0 Å². The quantitative estimate of drug-likeness (QED) is 0.181. The zero-order valence-electron chi connectivity index (χ0n) is 22.1. The van der Waals surface area contributed by atoms with Gasteiger partial charge in [-0.2, -0.15) is 16.8 Å². The first-order valence-corrected chi connectivity index (χ1v) is 15.5. The van der Waals surface area contributed by atoms with Crippen LogP contribution in [-0.2, 0) is 27.3 Å². The van der Waals surface area contributed by atoms with Gasteiger partial charge in [0.1, 0.15) is 4.90 Å². The number of aryl methyl sites for hydroxylation is 1. The number of nitrogens with zero attached hydrogens (tertiary/aromatic N) is 1. The fraction of sp³-hybridized carbons (Fsp3) is 0.0333. The average Bonchev–Trinajstić information content (AvgIpc) is 2.97. The van der Waals surface area contributed by atoms with Crippen LogP contribution in [-0.4, -0.2) is 42.1 Å². The van der Waals surface area contributed by atoms with E-state index in [0.717, 1.165) is 12.1 Å². The molecule has 0 atom stereocenters. The van der Waals surface area contributed by atoms with E-state index in [4.69, 9.17) is 0 Å². The molecule has 0 bridgehead atoms. The van der Waals surface area contributed by atoms with Crippen LogP contribution in [0.5, 0.6) is 0 Å². The number of hydrogen-bond acceptors (Lipinski definition) is 8. The molecule has 0 amide bonds. The molecule has 0 aliphatic heterocycles. The first kappa shape index (κ1) is 28.2. The van der Waals surface area contributed by atoms with Crippen molar-refractivity contribution in [3.05, 3.63) is 118 Å². The molecular formula is C30H20N2O9S2. The molecule has 1 aliphatic rings. The van der Waals surface area contributed by atoms with Gasteiger partial charge in [-0.05, 0) is 35.9 Å². The minimum atomic E-state index is -5.03. The molecule has 1 aromatic heterocycles. The Morgan fingerprint density at radius 2 is 1.37 bits per heavy atom. The van der Waals surface area contributed by atoms with E-state index in [1.54, 1.807) is 54.6 Å². The Kier molecular flexibility index (Phi) is 6.43. The topological polar surface area (TPSA) is 177 Å². The van der Waals surface area contributed by atoms with Crippen LogP contribution in [0, 0.1) is 0 Å². The lowest BCUT2D eigenvalue weighted by molar-refractivity contribution is 0.102. The monoisotopic (exact) mass is 616 g/mol. The summed E-state index contributed by atoms with van der Waals surface area (Å²) in [6, 6.07) is 20.1. The lowest BCUT2D eigenvalue weighted by Crippen LogP contribution is -2.29. The van der Waals surface area contributed by atoms with E-state index in [9.17, 15) is 40.3 Å². The van der Waals surface area contributed by atoms with Crippen molar-refractivity contribution in [2.24, 2.45) is 7.05 Å². The molecule has 0 radical (unpaired) electrons. The summed E-state index contributed by atoms with van der Waals surface area (Å²) >= 11 is 0. The number of carbonyl (C=O) groups excluding carboxylic acids is 2. The summed E-state index contributed by atoms with van der Waals surface area (Å²) in [4.78, 5) is 39.9. The van der Waals surface area contributed by atoms with Crippen LogP contribution in [0.2, 0.25) is 0 Å². The van der Waals surface area contributed by atoms with E-state index in [1.807, 2.05) is 0 Å². The zero-order chi connectivity index (χ0) is 30.8. The molecule has 1 heterocycles. The van der Waals surface area contributed by atoms with E-state index < -0.39 is 47.2 Å². The summed E-state index contributed by atoms with van der Waals surface area (Å²) in [7, 11) is -8.38. The fourth-order valence-electron chi connectivity index (χ4n) is 5.35. The number of ketones is 2. The molecule has 6 rings (SSSR count). The van der Waals surface area contributed by atoms with Crippen molar-refractivity contribution in [2.75, 3.05) is 5.32 Å². The molecule has 3 N–H and O–H groups in total. The van der Waals surface area contributed by atoms with Crippen molar-refractivity contribution in [1.82, 2.24) is 4.57 Å². The third-order valence-corrected chi connectivity index (χ3v) is 9.04. The van der Waals surface area contributed by atoms with Gasteiger partial charge in [0.15, 0.2) is 11.6 Å². The van der Waals surface area contributed by atoms with Crippen molar-refractivity contribution in [3.8, 4) is 11.1 Å². The maximum Gasteiger partial charge on any atom is 0.296 e. The number of nitrogens with one attached hydrogen (secondary N) is 1. The molecule has 0 unspecified atom stereocenters. The van der Waals surface area contributed by atoms with Gasteiger partial charge in [0.25, 0.3) is 25.8 Å². The van der Waals surface area contributed by atoms with Gasteiger partial charge in [0, 0.05) is 29.1 Å². The summed E-state index contributed by atoms with van der Waals surface area (Å²) in [5.74, 6) is -1.04. The second kappa shape index (κ2) is 9.81. The van der Waals surface area contributed by atoms with Crippen LogP contribution in [0.25, 0.3) is 22.0 Å². The smallest absolute Gasteiger partial charge is 0.296 e. The van der Waals surface area contributed by atoms with Crippen LogP contribution in [0.3, 0.4) is 0 Å². The average molecular weight is 617 g/mol. The number of rotatable bonds is 6. The van der Waals surface area contributed by atoms with E-state index in [-0.39, 0.29) is 44.6 Å². The molecule has 11 nitrogen and oxygen atoms in total. The van der Waals surface area contributed by atoms with Crippen LogP contribution in [0.4, 0.5) is 11.4 Å². The van der Waals surface area contributed by atoms with Crippen molar-refractivity contribution in [3.63, 3.8) is 0 Å². The Bertz CT molecular complexity index is 2330. The highest BCUT2D eigenvalue weighted by Crippen LogP contribution is 2.44. The van der Waals surface area contributed by atoms with Gasteiger partial charge in [0.2, 0.25) is 0 Å². The van der Waals surface area contributed by atoms with Gasteiger partial charge in [-0.25, -0.2) is 0 Å². The van der Waals surface area contributed by atoms with Gasteiger partial charge in [-0.1, -0.05) is 54.6 Å². The van der Waals surface area contributed by atoms with Crippen molar-refractivity contribution < 1.29 is 35.5 Å². The second-order valence-corrected chi connectivity index (χ2v) is 12.6. The number of carbonyl (C=O) groups is 2. The Morgan fingerprint density at radius 3 is 2.02 bits per heavy atom. The Hall–Kier alpha value is -4.95. The number of pyridine rings is 1. The highest BCUT2D eigenvalue weighted by atomic mass is 32.2. The third kappa shape index (κ3) is 4.55. The Balaban J connectivity index is 1.69. The maximum atomic E-state index is 14.0. The number of hydrogen-bond donors (Lipinski definition) is 3. The Morgan fingerprint density at radius 1 is 0.744 bits per heavy atom. The normalized spacial score (nSPS) is 12.7. The molecule has 43 heavy (non-hydrogen) atoms. The molecule has 0 fully saturated rings. The molecule has 1 aliphatic carbocycles. The first-order chi connectivity index (χ1) is 20.3. The van der Waals surface area contributed by atoms with Gasteiger partial charge in [0.05, 0.1) is 32.9 Å². The minimum Gasteiger partial charge on any atom is -0.354 e. The fourth-order valence-corrected chi connectivity index (χ4v) is 6.60. The first-order valence-electron chi connectivity index (χ1n) is 12.6. The minimum absolute atomic E-state index is 0.0176. The molecule has 5 aromatic rings. The Labute approximate surface area is 244 Å². The van der Waals surface area contributed by atoms with E-state index in [1.165, 1.54) is 23.7 Å². The lowest BCUT2D eigenvalue weighted by atomic mass is 9.80. The summed E-state index contributed by atoms with van der Waals surface area (Å²) in [5.41, 5.74) is 0.410. The van der Waals surface area contributed by atoms with Crippen LogP contribution >= 0.6 is 0 Å². The summed E-state index contributed by atoms with van der Waals surface area (Å²) < 4.78 is 68.2. The largest absolute Gasteiger partial charge is 0.354 e. The summed E-state index contributed by atoms with van der Waals surface area (Å²) in [5, 5.41) is 3.06. The molecule has 13 heteroatoms. The summed E-state index contributed by atoms with van der Waals surface area (Å²) in [6.07, 6.45) is 0.